The van der Waals surface area contributed by atoms with Gasteiger partial charge < -0.3 is 9.88 Å². The van der Waals surface area contributed by atoms with Crippen molar-refractivity contribution < 1.29 is 8.42 Å². The van der Waals surface area contributed by atoms with Gasteiger partial charge >= 0.3 is 0 Å². The van der Waals surface area contributed by atoms with Gasteiger partial charge in [0.25, 0.3) is 10.0 Å². The topological polar surface area (TPSA) is 67.2 Å². The van der Waals surface area contributed by atoms with E-state index in [0.717, 1.165) is 19.4 Å². The van der Waals surface area contributed by atoms with Gasteiger partial charge in [-0.1, -0.05) is 6.42 Å². The molecule has 2 rings (SSSR count). The van der Waals surface area contributed by atoms with Crippen LogP contribution in [0, 0.1) is 0 Å². The molecular formula is C14H26N4O2S. The van der Waals surface area contributed by atoms with Crippen LogP contribution in [0.2, 0.25) is 0 Å². The predicted octanol–water partition coefficient (Wildman–Crippen LogP) is 1.44. The third kappa shape index (κ3) is 3.84. The van der Waals surface area contributed by atoms with Gasteiger partial charge in [0, 0.05) is 31.4 Å². The van der Waals surface area contributed by atoms with Gasteiger partial charge in [-0.2, -0.15) is 4.31 Å². The minimum atomic E-state index is -3.53. The van der Waals surface area contributed by atoms with Crippen molar-refractivity contribution in [1.82, 2.24) is 19.2 Å². The van der Waals surface area contributed by atoms with Crippen LogP contribution in [0.15, 0.2) is 17.6 Å². The molecule has 120 valence electrons. The molecule has 1 fully saturated rings. The lowest BCUT2D eigenvalue weighted by atomic mass is 10.1. The molecule has 6 nitrogen and oxygen atoms in total. The van der Waals surface area contributed by atoms with Crippen molar-refractivity contribution in [3.63, 3.8) is 0 Å². The average Bonchev–Trinajstić information content (AvgIpc) is 2.95. The van der Waals surface area contributed by atoms with E-state index in [1.54, 1.807) is 21.4 Å². The molecule has 1 N–H and O–H groups in total. The Morgan fingerprint density at radius 2 is 2.24 bits per heavy atom. The highest BCUT2D eigenvalue weighted by Gasteiger charge is 2.31. The van der Waals surface area contributed by atoms with Crippen molar-refractivity contribution in [2.45, 2.75) is 63.7 Å². The van der Waals surface area contributed by atoms with Crippen LogP contribution in [-0.4, -0.2) is 47.4 Å². The van der Waals surface area contributed by atoms with Crippen molar-refractivity contribution in [2.24, 2.45) is 0 Å². The molecule has 1 aromatic rings. The lowest BCUT2D eigenvalue weighted by Gasteiger charge is -2.31. The first-order chi connectivity index (χ1) is 9.95. The van der Waals surface area contributed by atoms with Gasteiger partial charge in [-0.05, 0) is 40.2 Å². The van der Waals surface area contributed by atoms with Crippen LogP contribution in [0.1, 0.15) is 40.0 Å². The first-order valence-corrected chi connectivity index (χ1v) is 9.16. The molecule has 1 aliphatic rings. The number of imidazole rings is 1. The van der Waals surface area contributed by atoms with Gasteiger partial charge in [-0.15, -0.1) is 0 Å². The molecule has 1 aliphatic heterocycles. The first kappa shape index (κ1) is 16.5. The Morgan fingerprint density at radius 3 is 2.76 bits per heavy atom. The largest absolute Gasteiger partial charge is 0.336 e. The average molecular weight is 314 g/mol. The van der Waals surface area contributed by atoms with Gasteiger partial charge in [0.15, 0.2) is 5.03 Å². The maximum absolute atomic E-state index is 12.8. The lowest BCUT2D eigenvalue weighted by Crippen LogP contribution is -2.48. The second-order valence-electron chi connectivity index (χ2n) is 5.86. The molecule has 0 amide bonds. The van der Waals surface area contributed by atoms with Crippen LogP contribution >= 0.6 is 0 Å². The summed E-state index contributed by atoms with van der Waals surface area (Å²) in [6.07, 6.45) is 6.55. The predicted molar refractivity (Wildman–Crippen MR) is 82.6 cm³/mol. The maximum Gasteiger partial charge on any atom is 0.262 e. The third-order valence-electron chi connectivity index (χ3n) is 3.94. The number of rotatable bonds is 6. The van der Waals surface area contributed by atoms with Crippen LogP contribution < -0.4 is 5.32 Å². The summed E-state index contributed by atoms with van der Waals surface area (Å²) in [4.78, 5) is 4.07. The molecule has 1 unspecified atom stereocenters. The van der Waals surface area contributed by atoms with Crippen LogP contribution in [0.5, 0.6) is 0 Å². The van der Waals surface area contributed by atoms with Gasteiger partial charge in [-0.3, -0.25) is 0 Å². The summed E-state index contributed by atoms with van der Waals surface area (Å²) in [5.74, 6) is 0. The number of sulfonamides is 1. The highest BCUT2D eigenvalue weighted by Crippen LogP contribution is 2.19. The van der Waals surface area contributed by atoms with Crippen LogP contribution in [-0.2, 0) is 16.6 Å². The van der Waals surface area contributed by atoms with E-state index in [1.807, 2.05) is 20.8 Å². The lowest BCUT2D eigenvalue weighted by molar-refractivity contribution is 0.282. The summed E-state index contributed by atoms with van der Waals surface area (Å²) < 4.78 is 28.9. The van der Waals surface area contributed by atoms with Crippen LogP contribution in [0.3, 0.4) is 0 Å². The van der Waals surface area contributed by atoms with Crippen LogP contribution in [0.4, 0.5) is 0 Å². The van der Waals surface area contributed by atoms with Gasteiger partial charge in [-0.25, -0.2) is 13.4 Å². The Kier molecular flexibility index (Phi) is 5.40. The normalized spacial score (nSPS) is 20.3. The highest BCUT2D eigenvalue weighted by molar-refractivity contribution is 7.89. The van der Waals surface area contributed by atoms with E-state index in [2.05, 4.69) is 10.3 Å². The molecule has 0 aromatic carbocycles. The fourth-order valence-corrected chi connectivity index (χ4v) is 4.27. The number of nitrogens with one attached hydrogen (secondary N) is 1. The van der Waals surface area contributed by atoms with E-state index in [4.69, 9.17) is 0 Å². The van der Waals surface area contributed by atoms with E-state index in [1.165, 1.54) is 6.42 Å². The Labute approximate surface area is 127 Å². The van der Waals surface area contributed by atoms with Crippen molar-refractivity contribution >= 4 is 10.0 Å². The smallest absolute Gasteiger partial charge is 0.262 e. The van der Waals surface area contributed by atoms with Crippen LogP contribution in [0.25, 0.3) is 0 Å². The second kappa shape index (κ2) is 6.89. The Balaban J connectivity index is 2.19. The molecule has 1 aromatic heterocycles. The number of nitrogens with zero attached hydrogens (tertiary/aromatic N) is 3. The molecule has 0 aliphatic carbocycles. The number of aromatic nitrogens is 2. The van der Waals surface area contributed by atoms with Crippen molar-refractivity contribution in [3.05, 3.63) is 12.5 Å². The zero-order chi connectivity index (χ0) is 15.5. The Morgan fingerprint density at radius 1 is 1.48 bits per heavy atom. The first-order valence-electron chi connectivity index (χ1n) is 7.72. The van der Waals surface area contributed by atoms with E-state index < -0.39 is 10.0 Å². The summed E-state index contributed by atoms with van der Waals surface area (Å²) in [5, 5.41) is 3.56. The molecular weight excluding hydrogens is 288 g/mol. The fraction of sp³-hybridized carbons (Fsp3) is 0.786. The summed E-state index contributed by atoms with van der Waals surface area (Å²) in [6.45, 7) is 7.99. The quantitative estimate of drug-likeness (QED) is 0.863. The second-order valence-corrected chi connectivity index (χ2v) is 7.70. The van der Waals surface area contributed by atoms with Gasteiger partial charge in [0.1, 0.15) is 0 Å². The molecule has 1 atom stereocenters. The fourth-order valence-electron chi connectivity index (χ4n) is 2.65. The van der Waals surface area contributed by atoms with E-state index in [9.17, 15) is 8.42 Å². The molecule has 1 saturated heterocycles. The molecule has 0 radical (unpaired) electrons. The zero-order valence-electron chi connectivity index (χ0n) is 13.1. The molecule has 7 heteroatoms. The van der Waals surface area contributed by atoms with Crippen molar-refractivity contribution in [1.29, 1.82) is 0 Å². The molecule has 0 bridgehead atoms. The molecule has 0 spiro atoms. The minimum absolute atomic E-state index is 0.0782. The Bertz CT molecular complexity index is 547. The molecule has 0 saturated carbocycles. The highest BCUT2D eigenvalue weighted by atomic mass is 32.2. The summed E-state index contributed by atoms with van der Waals surface area (Å²) >= 11 is 0. The summed E-state index contributed by atoms with van der Waals surface area (Å²) in [6, 6.07) is 0.162. The summed E-state index contributed by atoms with van der Waals surface area (Å²) in [7, 11) is -3.53. The van der Waals surface area contributed by atoms with Crippen molar-refractivity contribution in [2.75, 3.05) is 13.1 Å². The van der Waals surface area contributed by atoms with E-state index in [0.29, 0.717) is 13.1 Å². The SMILES string of the molecule is CCn1cnc(S(=O)(=O)N(CC2CCCCN2)C(C)C)c1. The van der Waals surface area contributed by atoms with Crippen molar-refractivity contribution in [3.8, 4) is 0 Å². The number of hydrogen-bond donors (Lipinski definition) is 1. The van der Waals surface area contributed by atoms with E-state index >= 15 is 0 Å². The number of piperidine rings is 1. The minimum Gasteiger partial charge on any atom is -0.336 e. The third-order valence-corrected chi connectivity index (χ3v) is 5.86. The molecule has 2 heterocycles. The molecule has 21 heavy (non-hydrogen) atoms. The van der Waals surface area contributed by atoms with Gasteiger partial charge in [0.05, 0.1) is 6.33 Å². The monoisotopic (exact) mass is 314 g/mol. The zero-order valence-corrected chi connectivity index (χ0v) is 13.9. The Hall–Kier alpha value is -0.920. The van der Waals surface area contributed by atoms with Gasteiger partial charge in [0.2, 0.25) is 0 Å². The van der Waals surface area contributed by atoms with E-state index in [-0.39, 0.29) is 17.1 Å². The number of aryl methyl sites for hydroxylation is 1. The standard InChI is InChI=1S/C14H26N4O2S/c1-4-17-10-14(16-11-17)21(19,20)18(12(2)3)9-13-7-5-6-8-15-13/h10-13,15H,4-9H2,1-3H3. The maximum atomic E-state index is 12.8. The summed E-state index contributed by atoms with van der Waals surface area (Å²) in [5.41, 5.74) is 0. The number of hydrogen-bond acceptors (Lipinski definition) is 4.